The highest BCUT2D eigenvalue weighted by Crippen LogP contribution is 2.19. The molecule has 0 fully saturated rings. The minimum Gasteiger partial charge on any atom is -0.472 e. The van der Waals surface area contributed by atoms with Crippen LogP contribution >= 0.6 is 0 Å². The molecule has 112 valence electrons. The lowest BCUT2D eigenvalue weighted by atomic mass is 10.1. The topological polar surface area (TPSA) is 104 Å². The normalized spacial score (nSPS) is 11.2. The van der Waals surface area contributed by atoms with Crippen molar-refractivity contribution in [3.63, 3.8) is 0 Å². The molecule has 0 aliphatic rings. The van der Waals surface area contributed by atoms with Gasteiger partial charge >= 0.3 is 5.69 Å². The number of nitrogens with one attached hydrogen (secondary N) is 1. The Hall–Kier alpha value is -3.23. The molecule has 0 saturated heterocycles. The maximum Gasteiger partial charge on any atom is 0.368 e. The number of nitrogens with zero attached hydrogens (tertiary/aromatic N) is 6. The van der Waals surface area contributed by atoms with Gasteiger partial charge < -0.3 is 4.74 Å². The van der Waals surface area contributed by atoms with Gasteiger partial charge in [-0.3, -0.25) is 10.1 Å². The van der Waals surface area contributed by atoms with Crippen molar-refractivity contribution in [1.82, 2.24) is 35.0 Å². The molecular formula is C13H13N7O2. The molecule has 0 radical (unpaired) electrons. The Morgan fingerprint density at radius 2 is 2.36 bits per heavy atom. The van der Waals surface area contributed by atoms with Crippen LogP contribution in [-0.4, -0.2) is 35.0 Å². The number of tetrazole rings is 1. The van der Waals surface area contributed by atoms with Crippen molar-refractivity contribution >= 4 is 6.08 Å². The molecule has 9 heteroatoms. The first-order valence-electron chi connectivity index (χ1n) is 6.81. The lowest BCUT2D eigenvalue weighted by Gasteiger charge is -2.11. The first-order valence-corrected chi connectivity index (χ1v) is 6.36. The Morgan fingerprint density at radius 3 is 3.00 bits per heavy atom. The first-order chi connectivity index (χ1) is 11.1. The molecule has 1 N–H and O–H groups in total. The summed E-state index contributed by atoms with van der Waals surface area (Å²) in [7, 11) is 1.51. The number of rotatable bonds is 5. The van der Waals surface area contributed by atoms with E-state index in [2.05, 4.69) is 27.1 Å². The molecule has 0 atom stereocenters. The summed E-state index contributed by atoms with van der Waals surface area (Å²) in [6.07, 6.45) is 6.18. The summed E-state index contributed by atoms with van der Waals surface area (Å²) in [6, 6.07) is 1.57. The molecule has 3 rings (SSSR count). The van der Waals surface area contributed by atoms with Crippen LogP contribution in [0.15, 0.2) is 36.0 Å². The molecular weight excluding hydrogens is 286 g/mol. The third-order valence-electron chi connectivity index (χ3n) is 3.04. The van der Waals surface area contributed by atoms with Crippen molar-refractivity contribution in [2.75, 3.05) is 0 Å². The van der Waals surface area contributed by atoms with Crippen LogP contribution in [0, 0.1) is 0 Å². The summed E-state index contributed by atoms with van der Waals surface area (Å²) in [6.45, 7) is 3.85. The van der Waals surface area contributed by atoms with E-state index in [1.807, 2.05) is 0 Å². The van der Waals surface area contributed by atoms with Gasteiger partial charge in [-0.2, -0.15) is 9.36 Å². The van der Waals surface area contributed by atoms with Gasteiger partial charge in [0, 0.05) is 36.6 Å². The van der Waals surface area contributed by atoms with Gasteiger partial charge in [-0.25, -0.2) is 4.79 Å². The zero-order valence-corrected chi connectivity index (χ0v) is 11.7. The predicted octanol–water partition coefficient (Wildman–Crippen LogP) is 0.306. The predicted molar refractivity (Wildman–Crippen MR) is 77.4 cm³/mol. The van der Waals surface area contributed by atoms with Crippen molar-refractivity contribution in [2.45, 2.75) is 6.61 Å². The molecule has 0 unspecified atom stereocenters. The highest BCUT2D eigenvalue weighted by atomic mass is 16.5. The average Bonchev–Trinajstić information content (AvgIpc) is 3.11. The van der Waals surface area contributed by atoms with Crippen LogP contribution < -0.4 is 10.4 Å². The van der Waals surface area contributed by atoms with Gasteiger partial charge in [0.1, 0.15) is 6.61 Å². The average molecular weight is 301 g/mol. The summed E-state index contributed by atoms with van der Waals surface area (Å²) in [5.74, 6) is 0.296. The SMILES string of the molecule is [3H]n1ccc(OCc2c(C=C)cncc2-n2nnn(C)c2=O)n1. The molecule has 0 saturated carbocycles. The van der Waals surface area contributed by atoms with Crippen LogP contribution in [0.1, 0.15) is 11.1 Å². The van der Waals surface area contributed by atoms with Crippen LogP contribution in [0.5, 0.6) is 5.88 Å². The van der Waals surface area contributed by atoms with Crippen molar-refractivity contribution in [3.05, 3.63) is 52.8 Å². The Balaban J connectivity index is 2.01. The zero-order chi connectivity index (χ0) is 16.4. The van der Waals surface area contributed by atoms with Gasteiger partial charge in [0.15, 0.2) is 1.41 Å². The zero-order valence-electron chi connectivity index (χ0n) is 12.7. The monoisotopic (exact) mass is 301 g/mol. The molecule has 3 aromatic rings. The Bertz CT molecular complexity index is 911. The van der Waals surface area contributed by atoms with Crippen molar-refractivity contribution in [3.8, 4) is 11.6 Å². The molecule has 0 spiro atoms. The van der Waals surface area contributed by atoms with Gasteiger partial charge in [-0.1, -0.05) is 12.7 Å². The van der Waals surface area contributed by atoms with E-state index in [1.54, 1.807) is 18.3 Å². The Kier molecular flexibility index (Phi) is 3.21. The van der Waals surface area contributed by atoms with Crippen LogP contribution in [0.25, 0.3) is 11.8 Å². The second kappa shape index (κ2) is 5.64. The second-order valence-electron chi connectivity index (χ2n) is 4.39. The van der Waals surface area contributed by atoms with E-state index in [0.29, 0.717) is 22.7 Å². The third kappa shape index (κ3) is 2.39. The molecule has 0 bridgehead atoms. The van der Waals surface area contributed by atoms with E-state index in [1.165, 1.54) is 19.4 Å². The summed E-state index contributed by atoms with van der Waals surface area (Å²) < 4.78 is 15.1. The number of aromatic nitrogens is 7. The molecule has 22 heavy (non-hydrogen) atoms. The number of ether oxygens (including phenoxy) is 1. The van der Waals surface area contributed by atoms with E-state index in [4.69, 9.17) is 6.15 Å². The lowest BCUT2D eigenvalue weighted by Crippen LogP contribution is -2.23. The fraction of sp³-hybridized carbons (Fsp3) is 0.154. The van der Waals surface area contributed by atoms with E-state index >= 15 is 0 Å². The summed E-state index contributed by atoms with van der Waals surface area (Å²) in [4.78, 5) is 16.2. The molecule has 0 amide bonds. The lowest BCUT2D eigenvalue weighted by molar-refractivity contribution is 0.292. The van der Waals surface area contributed by atoms with E-state index in [-0.39, 0.29) is 6.61 Å². The van der Waals surface area contributed by atoms with E-state index < -0.39 is 5.69 Å². The number of aryl methyl sites for hydroxylation is 1. The van der Waals surface area contributed by atoms with Gasteiger partial charge in [0.25, 0.3) is 0 Å². The van der Waals surface area contributed by atoms with Crippen LogP contribution in [0.3, 0.4) is 0 Å². The summed E-state index contributed by atoms with van der Waals surface area (Å²) in [5, 5.41) is 12.2. The van der Waals surface area contributed by atoms with E-state index in [0.717, 1.165) is 14.5 Å². The van der Waals surface area contributed by atoms with Crippen LogP contribution in [0.4, 0.5) is 0 Å². The minimum atomic E-state index is -0.398. The van der Waals surface area contributed by atoms with Crippen molar-refractivity contribution in [2.24, 2.45) is 7.05 Å². The largest absolute Gasteiger partial charge is 0.472 e. The standard InChI is InChI=1S/C13H13N7O2/c1-3-9-6-14-7-11(20-13(21)19(2)17-18-20)10(9)8-22-12-4-5-15-16-12/h3-7H,1,8H2,2H3,(H,15,16)/i/hT. The fourth-order valence-electron chi connectivity index (χ4n) is 1.92. The highest BCUT2D eigenvalue weighted by molar-refractivity contribution is 5.56. The van der Waals surface area contributed by atoms with Crippen molar-refractivity contribution in [1.29, 1.82) is 0 Å². The minimum absolute atomic E-state index is 0.110. The molecule has 3 heterocycles. The van der Waals surface area contributed by atoms with Crippen LogP contribution in [-0.2, 0) is 13.7 Å². The molecule has 0 aliphatic heterocycles. The number of aromatic amines is 1. The maximum atomic E-state index is 12.1. The van der Waals surface area contributed by atoms with E-state index in [9.17, 15) is 4.79 Å². The van der Waals surface area contributed by atoms with Gasteiger partial charge in [0.2, 0.25) is 5.88 Å². The number of hydrogen-bond acceptors (Lipinski definition) is 6. The smallest absolute Gasteiger partial charge is 0.368 e. The van der Waals surface area contributed by atoms with Gasteiger partial charge in [-0.05, 0) is 10.4 Å². The fourth-order valence-corrected chi connectivity index (χ4v) is 1.92. The summed E-state index contributed by atoms with van der Waals surface area (Å²) in [5.41, 5.74) is 1.41. The Labute approximate surface area is 126 Å². The quantitative estimate of drug-likeness (QED) is 0.727. The summed E-state index contributed by atoms with van der Waals surface area (Å²) >= 11 is 0. The number of hydrogen-bond donors (Lipinski definition) is 1. The van der Waals surface area contributed by atoms with Crippen LogP contribution in [0.2, 0.25) is 1.41 Å². The molecule has 0 aliphatic carbocycles. The maximum absolute atomic E-state index is 12.1. The highest BCUT2D eigenvalue weighted by Gasteiger charge is 2.15. The molecule has 9 nitrogen and oxygen atoms in total. The van der Waals surface area contributed by atoms with Crippen molar-refractivity contribution < 1.29 is 6.15 Å². The number of pyridine rings is 1. The molecule has 3 aromatic heterocycles. The third-order valence-corrected chi connectivity index (χ3v) is 3.04. The first kappa shape index (κ1) is 12.5. The van der Waals surface area contributed by atoms with Gasteiger partial charge in [0.05, 0.1) is 11.9 Å². The Morgan fingerprint density at radius 1 is 1.50 bits per heavy atom. The second-order valence-corrected chi connectivity index (χ2v) is 4.39. The van der Waals surface area contributed by atoms with Gasteiger partial charge in [-0.15, -0.1) is 5.10 Å². The molecule has 0 aromatic carbocycles. The number of H-pyrrole nitrogens is 1.